The largest absolute Gasteiger partial charge is 0.497 e. The highest BCUT2D eigenvalue weighted by Crippen LogP contribution is 2.30. The quantitative estimate of drug-likeness (QED) is 0.794. The maximum absolute atomic E-state index is 11.4. The Morgan fingerprint density at radius 1 is 1.05 bits per heavy atom. The third-order valence-corrected chi connectivity index (χ3v) is 3.20. The van der Waals surface area contributed by atoms with Crippen molar-refractivity contribution in [1.82, 2.24) is 4.98 Å². The monoisotopic (exact) mass is 295 g/mol. The van der Waals surface area contributed by atoms with Crippen LogP contribution >= 0.6 is 0 Å². The molecule has 2 aromatic carbocycles. The maximum atomic E-state index is 11.4. The van der Waals surface area contributed by atoms with Crippen LogP contribution in [-0.4, -0.2) is 23.2 Å². The molecule has 0 bridgehead atoms. The molecule has 1 heterocycles. The molecule has 22 heavy (non-hydrogen) atoms. The number of aromatic nitrogens is 1. The number of ether oxygens (including phenoxy) is 1. The van der Waals surface area contributed by atoms with E-state index in [4.69, 9.17) is 9.15 Å². The Balaban J connectivity index is 2.08. The molecule has 0 radical (unpaired) electrons. The zero-order valence-electron chi connectivity index (χ0n) is 11.8. The van der Waals surface area contributed by atoms with Crippen LogP contribution in [0.2, 0.25) is 0 Å². The third-order valence-electron chi connectivity index (χ3n) is 3.20. The fraction of sp³-hybridized carbons (Fsp3) is 0.0588. The van der Waals surface area contributed by atoms with Crippen molar-refractivity contribution in [2.24, 2.45) is 0 Å². The second-order valence-electron chi connectivity index (χ2n) is 4.60. The van der Waals surface area contributed by atoms with Crippen LogP contribution in [0.15, 0.2) is 59.0 Å². The predicted molar refractivity (Wildman–Crippen MR) is 80.9 cm³/mol. The Morgan fingerprint density at radius 3 is 2.32 bits per heavy atom. The summed E-state index contributed by atoms with van der Waals surface area (Å²) in [6.07, 6.45) is 0. The van der Waals surface area contributed by atoms with Crippen molar-refractivity contribution in [2.75, 3.05) is 7.11 Å². The molecule has 0 fully saturated rings. The maximum Gasteiger partial charge on any atom is 0.358 e. The number of carboxylic acid groups (broad SMARTS) is 1. The number of methoxy groups -OCH3 is 1. The highest BCUT2D eigenvalue weighted by molar-refractivity contribution is 5.93. The van der Waals surface area contributed by atoms with Gasteiger partial charge in [-0.15, -0.1) is 0 Å². The molecule has 0 spiro atoms. The number of hydrogen-bond donors (Lipinski definition) is 1. The zero-order chi connectivity index (χ0) is 15.5. The molecule has 3 rings (SSSR count). The van der Waals surface area contributed by atoms with Crippen molar-refractivity contribution < 1.29 is 19.1 Å². The highest BCUT2D eigenvalue weighted by Gasteiger charge is 2.21. The highest BCUT2D eigenvalue weighted by atomic mass is 16.5. The number of benzene rings is 2. The number of carboxylic acids is 1. The summed E-state index contributed by atoms with van der Waals surface area (Å²) in [7, 11) is 1.58. The predicted octanol–water partition coefficient (Wildman–Crippen LogP) is 3.72. The van der Waals surface area contributed by atoms with Crippen LogP contribution in [-0.2, 0) is 0 Å². The van der Waals surface area contributed by atoms with Crippen LogP contribution < -0.4 is 4.74 Å². The van der Waals surface area contributed by atoms with Gasteiger partial charge in [-0.2, -0.15) is 0 Å². The summed E-state index contributed by atoms with van der Waals surface area (Å²) in [5, 5.41) is 9.33. The van der Waals surface area contributed by atoms with E-state index in [1.165, 1.54) is 0 Å². The van der Waals surface area contributed by atoms with Gasteiger partial charge in [-0.25, -0.2) is 9.78 Å². The number of nitrogens with zero attached hydrogens (tertiary/aromatic N) is 1. The molecule has 0 aliphatic carbocycles. The van der Waals surface area contributed by atoms with Crippen LogP contribution in [0.1, 0.15) is 10.5 Å². The van der Waals surface area contributed by atoms with E-state index in [-0.39, 0.29) is 17.3 Å². The Bertz CT molecular complexity index is 791. The van der Waals surface area contributed by atoms with Gasteiger partial charge in [0.15, 0.2) is 11.5 Å². The van der Waals surface area contributed by atoms with Gasteiger partial charge in [0.25, 0.3) is 0 Å². The summed E-state index contributed by atoms with van der Waals surface area (Å²) >= 11 is 0. The molecule has 0 aliphatic heterocycles. The van der Waals surface area contributed by atoms with Gasteiger partial charge in [0.05, 0.1) is 7.11 Å². The van der Waals surface area contributed by atoms with Gasteiger partial charge in [-0.3, -0.25) is 0 Å². The van der Waals surface area contributed by atoms with Crippen molar-refractivity contribution in [3.05, 3.63) is 60.3 Å². The average Bonchev–Trinajstić information content (AvgIpc) is 3.01. The van der Waals surface area contributed by atoms with Crippen molar-refractivity contribution in [2.45, 2.75) is 0 Å². The summed E-state index contributed by atoms with van der Waals surface area (Å²) in [6, 6.07) is 16.1. The SMILES string of the molecule is COc1ccc(-c2nc(C(=O)O)c(-c3ccccc3)o2)cc1. The van der Waals surface area contributed by atoms with E-state index in [9.17, 15) is 9.90 Å². The van der Waals surface area contributed by atoms with Crippen molar-refractivity contribution in [3.8, 4) is 28.5 Å². The Hall–Kier alpha value is -3.08. The minimum absolute atomic E-state index is 0.1000. The first-order chi connectivity index (χ1) is 10.7. The summed E-state index contributed by atoms with van der Waals surface area (Å²) in [4.78, 5) is 15.5. The van der Waals surface area contributed by atoms with Gasteiger partial charge in [0.1, 0.15) is 5.75 Å². The van der Waals surface area contributed by atoms with Crippen molar-refractivity contribution in [3.63, 3.8) is 0 Å². The Kier molecular flexibility index (Phi) is 3.62. The molecule has 5 heteroatoms. The second-order valence-corrected chi connectivity index (χ2v) is 4.60. The van der Waals surface area contributed by atoms with Crippen LogP contribution in [0.3, 0.4) is 0 Å². The van der Waals surface area contributed by atoms with Gasteiger partial charge < -0.3 is 14.3 Å². The van der Waals surface area contributed by atoms with Gasteiger partial charge in [-0.1, -0.05) is 30.3 Å². The lowest BCUT2D eigenvalue weighted by Gasteiger charge is -2.00. The minimum Gasteiger partial charge on any atom is -0.497 e. The standard InChI is InChI=1S/C17H13NO4/c1-21-13-9-7-12(8-10-13)16-18-14(17(19)20)15(22-16)11-5-3-2-4-6-11/h2-10H,1H3,(H,19,20). The molecule has 0 saturated carbocycles. The number of rotatable bonds is 4. The van der Waals surface area contributed by atoms with E-state index in [1.54, 1.807) is 43.5 Å². The normalized spacial score (nSPS) is 10.4. The van der Waals surface area contributed by atoms with E-state index in [1.807, 2.05) is 18.2 Å². The fourth-order valence-electron chi connectivity index (χ4n) is 2.11. The van der Waals surface area contributed by atoms with Crippen LogP contribution in [0, 0.1) is 0 Å². The Morgan fingerprint density at radius 2 is 1.73 bits per heavy atom. The molecule has 5 nitrogen and oxygen atoms in total. The summed E-state index contributed by atoms with van der Waals surface area (Å²) in [5.41, 5.74) is 1.26. The lowest BCUT2D eigenvalue weighted by molar-refractivity contribution is 0.0691. The molecular weight excluding hydrogens is 282 g/mol. The minimum atomic E-state index is -1.12. The summed E-state index contributed by atoms with van der Waals surface area (Å²) < 4.78 is 10.8. The zero-order valence-corrected chi connectivity index (χ0v) is 11.8. The first-order valence-corrected chi connectivity index (χ1v) is 6.63. The van der Waals surface area contributed by atoms with Crippen LogP contribution in [0.25, 0.3) is 22.8 Å². The van der Waals surface area contributed by atoms with E-state index in [0.29, 0.717) is 16.9 Å². The lowest BCUT2D eigenvalue weighted by atomic mass is 10.1. The molecule has 1 N–H and O–H groups in total. The molecule has 0 aliphatic rings. The van der Waals surface area contributed by atoms with E-state index >= 15 is 0 Å². The fourth-order valence-corrected chi connectivity index (χ4v) is 2.11. The van der Waals surface area contributed by atoms with Gasteiger partial charge in [-0.05, 0) is 24.3 Å². The van der Waals surface area contributed by atoms with E-state index in [2.05, 4.69) is 4.98 Å². The van der Waals surface area contributed by atoms with Crippen LogP contribution in [0.4, 0.5) is 0 Å². The molecule has 3 aromatic rings. The van der Waals surface area contributed by atoms with Crippen LogP contribution in [0.5, 0.6) is 5.75 Å². The molecule has 0 unspecified atom stereocenters. The number of hydrogen-bond acceptors (Lipinski definition) is 4. The second kappa shape index (κ2) is 5.73. The Labute approximate surface area is 126 Å². The van der Waals surface area contributed by atoms with E-state index in [0.717, 1.165) is 0 Å². The third kappa shape index (κ3) is 2.56. The smallest absolute Gasteiger partial charge is 0.358 e. The van der Waals surface area contributed by atoms with Crippen molar-refractivity contribution in [1.29, 1.82) is 0 Å². The lowest BCUT2D eigenvalue weighted by Crippen LogP contribution is -1.98. The molecule has 0 amide bonds. The molecule has 0 atom stereocenters. The number of carbonyl (C=O) groups is 1. The first-order valence-electron chi connectivity index (χ1n) is 6.63. The van der Waals surface area contributed by atoms with E-state index < -0.39 is 5.97 Å². The van der Waals surface area contributed by atoms with Crippen molar-refractivity contribution >= 4 is 5.97 Å². The van der Waals surface area contributed by atoms with Gasteiger partial charge in [0.2, 0.25) is 5.89 Å². The topological polar surface area (TPSA) is 72.6 Å². The average molecular weight is 295 g/mol. The summed E-state index contributed by atoms with van der Waals surface area (Å²) in [5.74, 6) is 0.0947. The summed E-state index contributed by atoms with van der Waals surface area (Å²) in [6.45, 7) is 0. The molecule has 1 aromatic heterocycles. The molecule has 110 valence electrons. The molecule has 0 saturated heterocycles. The van der Waals surface area contributed by atoms with Gasteiger partial charge >= 0.3 is 5.97 Å². The first kappa shape index (κ1) is 13.9. The molecular formula is C17H13NO4. The van der Waals surface area contributed by atoms with Gasteiger partial charge in [0, 0.05) is 11.1 Å². The number of aromatic carboxylic acids is 1. The number of oxazole rings is 1.